The summed E-state index contributed by atoms with van der Waals surface area (Å²) in [5.74, 6) is 0. The van der Waals surface area contributed by atoms with E-state index in [1.807, 2.05) is 24.4 Å². The quantitative estimate of drug-likeness (QED) is 0.745. The first kappa shape index (κ1) is 10.9. The minimum atomic E-state index is -0.0398. The molecule has 0 unspecified atom stereocenters. The third-order valence-corrected chi connectivity index (χ3v) is 3.08. The molecule has 1 N–H and O–H groups in total. The average molecular weight is 239 g/mol. The van der Waals surface area contributed by atoms with E-state index in [2.05, 4.69) is 29.1 Å². The number of aryl methyl sites for hydroxylation is 1. The molecule has 0 fully saturated rings. The number of hydrogen-bond donors (Lipinski definition) is 1. The lowest BCUT2D eigenvalue weighted by atomic mass is 10.0. The highest BCUT2D eigenvalue weighted by molar-refractivity contribution is 5.69. The molecule has 2 aromatic heterocycles. The Morgan fingerprint density at radius 3 is 2.89 bits per heavy atom. The van der Waals surface area contributed by atoms with Gasteiger partial charge < -0.3 is 5.11 Å². The second kappa shape index (κ2) is 4.23. The monoisotopic (exact) mass is 239 g/mol. The molecule has 0 aliphatic carbocycles. The lowest BCUT2D eigenvalue weighted by molar-refractivity contribution is 0.282. The van der Waals surface area contributed by atoms with Crippen molar-refractivity contribution in [3.63, 3.8) is 0 Å². The van der Waals surface area contributed by atoms with Gasteiger partial charge in [0.05, 0.1) is 6.61 Å². The highest BCUT2D eigenvalue weighted by Gasteiger charge is 2.08. The molecule has 18 heavy (non-hydrogen) atoms. The van der Waals surface area contributed by atoms with Crippen LogP contribution >= 0.6 is 0 Å². The van der Waals surface area contributed by atoms with Crippen LogP contribution in [-0.4, -0.2) is 19.7 Å². The number of benzene rings is 1. The largest absolute Gasteiger partial charge is 0.392 e. The molecular weight excluding hydrogens is 226 g/mol. The number of pyridine rings is 1. The van der Waals surface area contributed by atoms with Crippen molar-refractivity contribution in [2.75, 3.05) is 0 Å². The molecule has 90 valence electrons. The summed E-state index contributed by atoms with van der Waals surface area (Å²) in [5, 5.41) is 13.6. The summed E-state index contributed by atoms with van der Waals surface area (Å²) < 4.78 is 1.70. The molecule has 3 rings (SSSR count). The van der Waals surface area contributed by atoms with Gasteiger partial charge in [-0.05, 0) is 24.1 Å². The van der Waals surface area contributed by atoms with Gasteiger partial charge in [0.15, 0.2) is 5.65 Å². The van der Waals surface area contributed by atoms with E-state index in [0.717, 1.165) is 16.7 Å². The van der Waals surface area contributed by atoms with E-state index < -0.39 is 0 Å². The van der Waals surface area contributed by atoms with Gasteiger partial charge >= 0.3 is 0 Å². The maximum Gasteiger partial charge on any atom is 0.160 e. The van der Waals surface area contributed by atoms with E-state index >= 15 is 0 Å². The predicted octanol–water partition coefficient (Wildman–Crippen LogP) is 2.20. The molecule has 3 aromatic rings. The van der Waals surface area contributed by atoms with Gasteiger partial charge in [-0.3, -0.25) is 0 Å². The molecule has 0 spiro atoms. The Bertz CT molecular complexity index is 703. The summed E-state index contributed by atoms with van der Waals surface area (Å²) in [6.07, 6.45) is 3.43. The lowest BCUT2D eigenvalue weighted by Crippen LogP contribution is -1.96. The molecule has 4 nitrogen and oxygen atoms in total. The zero-order chi connectivity index (χ0) is 12.5. The van der Waals surface area contributed by atoms with Crippen LogP contribution in [0.25, 0.3) is 16.8 Å². The Morgan fingerprint density at radius 2 is 2.11 bits per heavy atom. The molecule has 0 saturated heterocycles. The fourth-order valence-electron chi connectivity index (χ4n) is 2.16. The Labute approximate surface area is 105 Å². The number of hydrogen-bond acceptors (Lipinski definition) is 3. The average Bonchev–Trinajstić information content (AvgIpc) is 2.86. The molecule has 0 amide bonds. The van der Waals surface area contributed by atoms with Crippen LogP contribution in [-0.2, 0) is 6.61 Å². The van der Waals surface area contributed by atoms with E-state index in [-0.39, 0.29) is 6.61 Å². The van der Waals surface area contributed by atoms with Crippen LogP contribution in [0.2, 0.25) is 0 Å². The number of aromatic nitrogens is 3. The number of rotatable bonds is 2. The van der Waals surface area contributed by atoms with Crippen LogP contribution < -0.4 is 0 Å². The number of aliphatic hydroxyl groups is 1. The van der Waals surface area contributed by atoms with Crippen LogP contribution in [0.5, 0.6) is 0 Å². The van der Waals surface area contributed by atoms with Crippen molar-refractivity contribution in [3.8, 4) is 11.1 Å². The number of nitrogens with zero attached hydrogens (tertiary/aromatic N) is 3. The zero-order valence-corrected chi connectivity index (χ0v) is 10.0. The third-order valence-electron chi connectivity index (χ3n) is 3.08. The molecule has 0 saturated carbocycles. The summed E-state index contributed by atoms with van der Waals surface area (Å²) in [6.45, 7) is 2.03. The highest BCUT2D eigenvalue weighted by atomic mass is 16.3. The lowest BCUT2D eigenvalue weighted by Gasteiger charge is -2.08. The van der Waals surface area contributed by atoms with E-state index in [0.29, 0.717) is 5.65 Å². The van der Waals surface area contributed by atoms with Crippen molar-refractivity contribution >= 4 is 5.65 Å². The minimum Gasteiger partial charge on any atom is -0.392 e. The molecule has 0 aliphatic heterocycles. The van der Waals surface area contributed by atoms with Gasteiger partial charge in [0.25, 0.3) is 0 Å². The molecule has 0 bridgehead atoms. The Balaban J connectivity index is 2.27. The fraction of sp³-hybridized carbons (Fsp3) is 0.143. The maximum atomic E-state index is 9.41. The Morgan fingerprint density at radius 1 is 1.28 bits per heavy atom. The maximum absolute atomic E-state index is 9.41. The molecule has 2 heterocycles. The minimum absolute atomic E-state index is 0.0398. The normalized spacial score (nSPS) is 11.0. The van der Waals surface area contributed by atoms with Crippen LogP contribution in [0.4, 0.5) is 0 Å². The highest BCUT2D eigenvalue weighted by Crippen LogP contribution is 2.25. The first-order valence-corrected chi connectivity index (χ1v) is 5.78. The summed E-state index contributed by atoms with van der Waals surface area (Å²) in [7, 11) is 0. The standard InChI is InChI=1S/C14H13N3O/c1-10-4-2-3-5-13(10)11-6-12(8-18)14-15-9-16-17(14)7-11/h2-7,9,18H,8H2,1H3. The van der Waals surface area contributed by atoms with E-state index in [1.165, 1.54) is 11.9 Å². The SMILES string of the molecule is Cc1ccccc1-c1cc(CO)c2ncnn2c1. The van der Waals surface area contributed by atoms with Gasteiger partial charge in [0.2, 0.25) is 0 Å². The molecule has 0 atom stereocenters. The van der Waals surface area contributed by atoms with Crippen molar-refractivity contribution in [3.05, 3.63) is 54.0 Å². The van der Waals surface area contributed by atoms with Gasteiger partial charge in [-0.25, -0.2) is 9.50 Å². The van der Waals surface area contributed by atoms with Gasteiger partial charge in [-0.1, -0.05) is 24.3 Å². The van der Waals surface area contributed by atoms with Crippen molar-refractivity contribution < 1.29 is 5.11 Å². The van der Waals surface area contributed by atoms with Gasteiger partial charge in [0, 0.05) is 17.3 Å². The molecule has 0 aliphatic rings. The predicted molar refractivity (Wildman–Crippen MR) is 69.1 cm³/mol. The van der Waals surface area contributed by atoms with Crippen LogP contribution in [0, 0.1) is 6.92 Å². The summed E-state index contributed by atoms with van der Waals surface area (Å²) in [4.78, 5) is 4.14. The van der Waals surface area contributed by atoms with Crippen molar-refractivity contribution in [1.82, 2.24) is 14.6 Å². The topological polar surface area (TPSA) is 50.4 Å². The molecule has 4 heteroatoms. The first-order chi connectivity index (χ1) is 8.79. The van der Waals surface area contributed by atoms with E-state index in [4.69, 9.17) is 0 Å². The van der Waals surface area contributed by atoms with Gasteiger partial charge in [-0.15, -0.1) is 0 Å². The zero-order valence-electron chi connectivity index (χ0n) is 10.0. The van der Waals surface area contributed by atoms with Crippen LogP contribution in [0.15, 0.2) is 42.9 Å². The molecule has 1 aromatic carbocycles. The Hall–Kier alpha value is -2.20. The number of fused-ring (bicyclic) bond motifs is 1. The fourth-order valence-corrected chi connectivity index (χ4v) is 2.16. The third kappa shape index (κ3) is 1.67. The molecule has 0 radical (unpaired) electrons. The van der Waals surface area contributed by atoms with Crippen LogP contribution in [0.3, 0.4) is 0 Å². The summed E-state index contributed by atoms with van der Waals surface area (Å²) in [6, 6.07) is 10.1. The first-order valence-electron chi connectivity index (χ1n) is 5.78. The van der Waals surface area contributed by atoms with Crippen molar-refractivity contribution in [2.24, 2.45) is 0 Å². The van der Waals surface area contributed by atoms with Gasteiger partial charge in [-0.2, -0.15) is 5.10 Å². The Kier molecular flexibility index (Phi) is 2.57. The summed E-state index contributed by atoms with van der Waals surface area (Å²) >= 11 is 0. The second-order valence-electron chi connectivity index (χ2n) is 4.26. The van der Waals surface area contributed by atoms with E-state index in [9.17, 15) is 5.11 Å². The van der Waals surface area contributed by atoms with Crippen LogP contribution in [0.1, 0.15) is 11.1 Å². The second-order valence-corrected chi connectivity index (χ2v) is 4.26. The summed E-state index contributed by atoms with van der Waals surface area (Å²) in [5.41, 5.74) is 4.86. The van der Waals surface area contributed by atoms with Crippen molar-refractivity contribution in [1.29, 1.82) is 0 Å². The van der Waals surface area contributed by atoms with E-state index in [1.54, 1.807) is 4.52 Å². The smallest absolute Gasteiger partial charge is 0.160 e. The van der Waals surface area contributed by atoms with Gasteiger partial charge in [0.1, 0.15) is 6.33 Å². The molecular formula is C14H13N3O. The number of aliphatic hydroxyl groups excluding tert-OH is 1. The van der Waals surface area contributed by atoms with Crippen molar-refractivity contribution in [2.45, 2.75) is 13.5 Å².